The highest BCUT2D eigenvalue weighted by molar-refractivity contribution is 6.01. The van der Waals surface area contributed by atoms with Gasteiger partial charge >= 0.3 is 5.97 Å². The zero-order valence-electron chi connectivity index (χ0n) is 77.2. The number of carbonyl (C=O) groups excluding carboxylic acids is 14. The van der Waals surface area contributed by atoms with Crippen molar-refractivity contribution >= 4 is 124 Å². The van der Waals surface area contributed by atoms with E-state index >= 15 is 9.59 Å². The molecule has 0 aliphatic rings. The number of benzene rings is 2. The van der Waals surface area contributed by atoms with Crippen molar-refractivity contribution < 1.29 is 87.2 Å². The fourth-order valence-electron chi connectivity index (χ4n) is 13.5. The number of aliphatic carboxylic acids is 1. The maximum atomic E-state index is 15.1. The third-order valence-corrected chi connectivity index (χ3v) is 20.5. The molecule has 45 N–H and O–H groups in total. The average molecular weight is 1920 g/mol. The largest absolute Gasteiger partial charge is 0.508 e. The van der Waals surface area contributed by atoms with Gasteiger partial charge in [-0.05, 0) is 143 Å². The van der Waals surface area contributed by atoms with Gasteiger partial charge in [-0.1, -0.05) is 65.8 Å². The molecule has 3 rings (SSSR count). The summed E-state index contributed by atoms with van der Waals surface area (Å²) >= 11 is 0. The summed E-state index contributed by atoms with van der Waals surface area (Å²) in [4.78, 5) is 221. The van der Waals surface area contributed by atoms with Crippen molar-refractivity contribution in [3.05, 3.63) is 77.9 Å². The molecule has 1 aromatic heterocycles. The molecule has 754 valence electrons. The molecule has 2 aromatic carbocycles. The Balaban J connectivity index is 2.09. The quantitative estimate of drug-likeness (QED) is 0.0142. The van der Waals surface area contributed by atoms with Gasteiger partial charge in [0.2, 0.25) is 82.7 Å². The minimum Gasteiger partial charge on any atom is -0.508 e. The number of aromatic nitrogens is 2. The van der Waals surface area contributed by atoms with Gasteiger partial charge < -0.3 is 167 Å². The van der Waals surface area contributed by atoms with Gasteiger partial charge in [0.15, 0.2) is 35.8 Å². The number of carboxylic acids is 1. The molecule has 53 heteroatoms. The van der Waals surface area contributed by atoms with Gasteiger partial charge in [-0.25, -0.2) is 9.78 Å². The van der Waals surface area contributed by atoms with E-state index in [0.717, 1.165) is 0 Å². The highest BCUT2D eigenvalue weighted by Crippen LogP contribution is 2.18. The van der Waals surface area contributed by atoms with Crippen molar-refractivity contribution in [3.63, 3.8) is 0 Å². The number of phenols is 2. The average Bonchev–Trinajstić information content (AvgIpc) is 1.29. The third-order valence-electron chi connectivity index (χ3n) is 20.5. The maximum absolute atomic E-state index is 15.1. The lowest BCUT2D eigenvalue weighted by atomic mass is 9.99. The van der Waals surface area contributed by atoms with Crippen molar-refractivity contribution in [1.29, 1.82) is 32.5 Å². The van der Waals surface area contributed by atoms with Crippen LogP contribution in [-0.2, 0) is 91.2 Å². The number of aromatic amines is 1. The number of imidazole rings is 1. The van der Waals surface area contributed by atoms with E-state index in [9.17, 15) is 77.6 Å². The summed E-state index contributed by atoms with van der Waals surface area (Å²) in [6.45, 7) is 9.10. The summed E-state index contributed by atoms with van der Waals surface area (Å²) in [7, 11) is 0. The van der Waals surface area contributed by atoms with E-state index in [1.165, 1.54) is 74.9 Å². The molecule has 0 bridgehead atoms. The van der Waals surface area contributed by atoms with Crippen molar-refractivity contribution in [1.82, 2.24) is 111 Å². The number of guanidine groups is 6. The Labute approximate surface area is 786 Å². The molecule has 0 radical (unpaired) electrons. The van der Waals surface area contributed by atoms with Gasteiger partial charge in [-0.2, -0.15) is 0 Å². The summed E-state index contributed by atoms with van der Waals surface area (Å²) < 4.78 is 0. The normalized spacial score (nSPS) is 13.8. The molecule has 0 spiro atoms. The molecule has 0 saturated carbocycles. The molecule has 136 heavy (non-hydrogen) atoms. The van der Waals surface area contributed by atoms with E-state index in [1.807, 2.05) is 0 Å². The number of nitrogens with two attached hydrogens (primary N) is 8. The lowest BCUT2D eigenvalue weighted by Gasteiger charge is -2.28. The van der Waals surface area contributed by atoms with Crippen LogP contribution in [0.5, 0.6) is 11.5 Å². The number of H-pyrrole nitrogens is 1. The molecule has 3 aromatic rings. The van der Waals surface area contributed by atoms with Gasteiger partial charge in [0.25, 0.3) is 0 Å². The molecule has 0 aliphatic carbocycles. The van der Waals surface area contributed by atoms with E-state index < -0.39 is 222 Å². The van der Waals surface area contributed by atoms with Crippen LogP contribution in [0.25, 0.3) is 0 Å². The first-order valence-corrected chi connectivity index (χ1v) is 44.3. The van der Waals surface area contributed by atoms with E-state index in [1.54, 1.807) is 27.7 Å². The number of carboxylic acid groups (broad SMARTS) is 1. The van der Waals surface area contributed by atoms with Crippen molar-refractivity contribution in [2.24, 2.45) is 63.6 Å². The van der Waals surface area contributed by atoms with Crippen LogP contribution in [0.15, 0.2) is 61.1 Å². The molecular formula is C83H139N35O18. The first-order chi connectivity index (χ1) is 64.1. The molecule has 0 unspecified atom stereocenters. The zero-order chi connectivity index (χ0) is 102. The number of phenolic OH excluding ortho intramolecular Hbond substituents is 2. The number of aromatic hydroxyl groups is 2. The monoisotopic (exact) mass is 1910 g/mol. The minimum atomic E-state index is -1.89. The summed E-state index contributed by atoms with van der Waals surface area (Å²) in [6.07, 6.45) is -0.218. The molecule has 0 aliphatic heterocycles. The Kier molecular flexibility index (Phi) is 51.5. The number of hydrogen-bond donors (Lipinski definition) is 37. The predicted molar refractivity (Wildman–Crippen MR) is 500 cm³/mol. The number of amides is 14. The second-order valence-corrected chi connectivity index (χ2v) is 33.5. The summed E-state index contributed by atoms with van der Waals surface area (Å²) in [5.41, 5.74) is 46.0. The van der Waals surface area contributed by atoms with E-state index in [2.05, 4.69) is 111 Å². The molecule has 0 saturated heterocycles. The van der Waals surface area contributed by atoms with E-state index in [-0.39, 0.29) is 171 Å². The smallest absolute Gasteiger partial charge is 0.326 e. The van der Waals surface area contributed by atoms with Crippen molar-refractivity contribution in [3.8, 4) is 11.5 Å². The number of hydrogen-bond acceptors (Lipinski definition) is 25. The number of primary amides is 1. The third kappa shape index (κ3) is 47.3. The molecule has 14 amide bonds. The van der Waals surface area contributed by atoms with Crippen LogP contribution < -0.4 is 147 Å². The van der Waals surface area contributed by atoms with Crippen LogP contribution in [0.4, 0.5) is 0 Å². The van der Waals surface area contributed by atoms with Gasteiger partial charge in [0.1, 0.15) is 84.0 Å². The minimum absolute atomic E-state index is 0.00729. The fraction of sp³-hybridized carbons (Fsp3) is 0.566. The molecule has 1 heterocycles. The topological polar surface area (TPSA) is 925 Å². The summed E-state index contributed by atoms with van der Waals surface area (Å²) in [6, 6.07) is -9.02. The fourth-order valence-corrected chi connectivity index (χ4v) is 13.5. The van der Waals surface area contributed by atoms with Crippen molar-refractivity contribution in [2.75, 3.05) is 45.8 Å². The van der Waals surface area contributed by atoms with Crippen molar-refractivity contribution in [2.45, 2.75) is 236 Å². The predicted octanol–water partition coefficient (Wildman–Crippen LogP) is -8.60. The number of rotatable bonds is 64. The molecule has 13 atom stereocenters. The first kappa shape index (κ1) is 115. The highest BCUT2D eigenvalue weighted by Gasteiger charge is 2.39. The Morgan fingerprint density at radius 2 is 0.625 bits per heavy atom. The maximum Gasteiger partial charge on any atom is 0.326 e. The second-order valence-electron chi connectivity index (χ2n) is 33.5. The number of carbonyl (C=O) groups is 15. The van der Waals surface area contributed by atoms with Crippen LogP contribution in [0, 0.1) is 50.2 Å². The molecule has 53 nitrogen and oxygen atoms in total. The van der Waals surface area contributed by atoms with E-state index in [0.29, 0.717) is 17.5 Å². The number of nitrogens with zero attached hydrogens (tertiary/aromatic N) is 1. The highest BCUT2D eigenvalue weighted by atomic mass is 16.4. The standard InChI is InChI=1S/C83H139N35O18/c1-42(2)33-56(112-65(123)50(84)13-7-27-99-78(86)87)71(129)114-58(35-45-19-23-48(119)24-20-45)73(131)110-53(16-10-30-102-81(92)93)68(126)108-51(14-8-28-100-79(88)89)66(124)105-40-63(122)107-52(15-9-29-101-80(90)91)67(125)113-57(34-43(3)4)72(130)115-59(36-46-21-25-49(120)26-22-46)74(132)111-54(17-11-31-103-82(94)95)69(127)109-55(18-12-32-104-83(96)97)70(128)117-61(38-62(85)121)75(133)116-60(37-47-39-98-41-106-47)76(134)118-64(44(5)6)77(135)136/h19-26,39,41-44,50-61,64,119-120H,7-18,27-38,40,84H2,1-6H3,(H2,85,121)(H,98,106)(H,105,124)(H,107,122)(H,108,126)(H,109,127)(H,110,131)(H,111,132)(H,112,123)(H,113,125)(H,114,129)(H,115,130)(H,116,133)(H,117,128)(H,118,134)(H,135,136)(H4,86,87,99)(H4,88,89,100)(H4,90,91,101)(H4,92,93,102)(H4,94,95,103)(H4,96,97,104)/t50-,51-,52-,53-,54-,55-,56-,57-,58-,59-,60-,61-,64-/m0/s1. The Morgan fingerprint density at radius 1 is 0.346 bits per heavy atom. The molecular weight excluding hydrogens is 1780 g/mol. The second kappa shape index (κ2) is 60.8. The van der Waals surface area contributed by atoms with Gasteiger partial charge in [0, 0.05) is 70.4 Å². The SMILES string of the molecule is CC(C)C[C@H](NC(=O)[C@H](CCCNC(=N)N)NC(=O)CNC(=O)[C@H](CCCNC(=N)N)NC(=O)[C@H](CCCNC(=N)N)NC(=O)[C@H](Cc1ccc(O)cc1)NC(=O)[C@H](CC(C)C)NC(=O)[C@@H](N)CCCNC(=N)N)C(=O)N[C@@H](Cc1ccc(O)cc1)C(=O)N[C@@H](CCCNC(=N)N)C(=O)N[C@@H](CCCNC(=N)N)C(=O)N[C@@H](CC(N)=O)C(=O)N[C@@H](Cc1cnc[nH]1)C(=O)N[C@H](C(=O)O)C(C)C. The first-order valence-electron chi connectivity index (χ1n) is 44.3. The summed E-state index contributed by atoms with van der Waals surface area (Å²) in [5.74, 6) is -19.6. The van der Waals surface area contributed by atoms with Gasteiger partial charge in [-0.3, -0.25) is 99.6 Å². The van der Waals surface area contributed by atoms with Crippen LogP contribution in [0.2, 0.25) is 0 Å². The van der Waals surface area contributed by atoms with Crippen LogP contribution in [0.1, 0.15) is 155 Å². The van der Waals surface area contributed by atoms with Gasteiger partial charge in [-0.15, -0.1) is 0 Å². The van der Waals surface area contributed by atoms with E-state index in [4.69, 9.17) is 78.3 Å². The number of nitrogens with one attached hydrogen (secondary N) is 26. The Bertz CT molecular complexity index is 4500. The van der Waals surface area contributed by atoms with Crippen LogP contribution in [-0.4, -0.2) is 274 Å². The zero-order valence-corrected chi connectivity index (χ0v) is 77.2. The Hall–Kier alpha value is -15.1. The lowest BCUT2D eigenvalue weighted by Crippen LogP contribution is -2.61. The van der Waals surface area contributed by atoms with Gasteiger partial charge in [0.05, 0.1) is 25.3 Å². The summed E-state index contributed by atoms with van der Waals surface area (Å²) in [5, 5.41) is 125. The van der Waals surface area contributed by atoms with Crippen LogP contribution >= 0.6 is 0 Å². The lowest BCUT2D eigenvalue weighted by molar-refractivity contribution is -0.143. The molecule has 0 fully saturated rings. The Morgan fingerprint density at radius 3 is 0.941 bits per heavy atom. The van der Waals surface area contributed by atoms with Crippen LogP contribution in [0.3, 0.4) is 0 Å².